The molecule has 1 aliphatic heterocycles. The normalized spacial score (nSPS) is 17.3. The summed E-state index contributed by atoms with van der Waals surface area (Å²) in [6.07, 6.45) is 0. The molecule has 3 aromatic rings. The van der Waals surface area contributed by atoms with Crippen LogP contribution < -0.4 is 0 Å². The average molecular weight is 343 g/mol. The monoisotopic (exact) mass is 343 g/mol. The van der Waals surface area contributed by atoms with Crippen molar-refractivity contribution in [1.29, 1.82) is 0 Å². The highest BCUT2D eigenvalue weighted by Crippen LogP contribution is 2.42. The van der Waals surface area contributed by atoms with E-state index in [1.165, 1.54) is 5.56 Å². The number of aliphatic hydroxyl groups excluding tert-OH is 1. The number of hydrogen-bond donors (Lipinski definition) is 1. The lowest BCUT2D eigenvalue weighted by atomic mass is 9.96. The number of benzene rings is 3. The van der Waals surface area contributed by atoms with Crippen molar-refractivity contribution in [3.63, 3.8) is 0 Å². The second-order valence-electron chi connectivity index (χ2n) is 6.34. The van der Waals surface area contributed by atoms with Gasteiger partial charge in [-0.3, -0.25) is 0 Å². The Morgan fingerprint density at radius 2 is 1.35 bits per heavy atom. The molecule has 0 fully saturated rings. The fourth-order valence-electron chi connectivity index (χ4n) is 3.40. The molecule has 0 saturated heterocycles. The Bertz CT molecular complexity index is 876. The van der Waals surface area contributed by atoms with Gasteiger partial charge in [0.2, 0.25) is 0 Å². The molecule has 0 unspecified atom stereocenters. The molecule has 0 saturated carbocycles. The molecule has 0 radical (unpaired) electrons. The van der Waals surface area contributed by atoms with Crippen molar-refractivity contribution in [3.05, 3.63) is 113 Å². The van der Waals surface area contributed by atoms with Crippen LogP contribution in [0.25, 0.3) is 5.76 Å². The van der Waals surface area contributed by atoms with E-state index in [1.807, 2.05) is 71.8 Å². The van der Waals surface area contributed by atoms with E-state index in [4.69, 9.17) is 4.84 Å². The Labute approximate surface area is 153 Å². The second-order valence-corrected chi connectivity index (χ2v) is 6.34. The van der Waals surface area contributed by atoms with Gasteiger partial charge in [-0.1, -0.05) is 91.0 Å². The predicted octanol–water partition coefficient (Wildman–Crippen LogP) is 4.58. The minimum atomic E-state index is -0.114. The third-order valence-electron chi connectivity index (χ3n) is 4.62. The first-order chi connectivity index (χ1) is 12.9. The molecule has 4 rings (SSSR count). The van der Waals surface area contributed by atoms with Crippen molar-refractivity contribution in [2.75, 3.05) is 6.61 Å². The van der Waals surface area contributed by atoms with Crippen LogP contribution in [0.15, 0.2) is 96.6 Å². The van der Waals surface area contributed by atoms with Gasteiger partial charge in [-0.2, -0.15) is 0 Å². The Hall–Kier alpha value is -2.88. The van der Waals surface area contributed by atoms with Crippen LogP contribution in [0.3, 0.4) is 0 Å². The smallest absolute Gasteiger partial charge is 0.158 e. The molecular weight excluding hydrogens is 322 g/mol. The second kappa shape index (κ2) is 7.56. The lowest BCUT2D eigenvalue weighted by molar-refractivity contribution is -0.102. The summed E-state index contributed by atoms with van der Waals surface area (Å²) in [6.45, 7) is 0.593. The van der Waals surface area contributed by atoms with Gasteiger partial charge >= 0.3 is 0 Å². The number of hydrogen-bond acceptors (Lipinski definition) is 3. The number of hydroxylamine groups is 2. The van der Waals surface area contributed by atoms with Crippen LogP contribution >= 0.6 is 0 Å². The highest BCUT2D eigenvalue weighted by atomic mass is 16.7. The molecule has 0 bridgehead atoms. The van der Waals surface area contributed by atoms with Gasteiger partial charge in [-0.25, -0.2) is 0 Å². The SMILES string of the molecule is OCC1=C(c2ccccc2)ON(Cc2ccccc2)[C@@H]1c1ccccc1. The van der Waals surface area contributed by atoms with Gasteiger partial charge in [-0.15, -0.1) is 5.06 Å². The molecule has 3 nitrogen and oxygen atoms in total. The van der Waals surface area contributed by atoms with Crippen LogP contribution in [0, 0.1) is 0 Å². The Morgan fingerprint density at radius 3 is 1.96 bits per heavy atom. The van der Waals surface area contributed by atoms with Crippen molar-refractivity contribution in [2.24, 2.45) is 0 Å². The molecule has 0 aliphatic carbocycles. The lowest BCUT2D eigenvalue weighted by Gasteiger charge is -2.25. The zero-order chi connectivity index (χ0) is 17.8. The van der Waals surface area contributed by atoms with Crippen molar-refractivity contribution >= 4 is 5.76 Å². The molecule has 0 spiro atoms. The lowest BCUT2D eigenvalue weighted by Crippen LogP contribution is -2.24. The topological polar surface area (TPSA) is 32.7 Å². The third-order valence-corrected chi connectivity index (χ3v) is 4.62. The molecule has 26 heavy (non-hydrogen) atoms. The summed E-state index contributed by atoms with van der Waals surface area (Å²) in [7, 11) is 0. The van der Waals surface area contributed by atoms with E-state index in [9.17, 15) is 5.11 Å². The highest BCUT2D eigenvalue weighted by molar-refractivity contribution is 5.66. The molecule has 130 valence electrons. The summed E-state index contributed by atoms with van der Waals surface area (Å²) >= 11 is 0. The first kappa shape index (κ1) is 16.6. The van der Waals surface area contributed by atoms with Gasteiger partial charge in [0, 0.05) is 11.1 Å². The Balaban J connectivity index is 1.75. The van der Waals surface area contributed by atoms with E-state index in [0.29, 0.717) is 6.54 Å². The fourth-order valence-corrected chi connectivity index (χ4v) is 3.40. The highest BCUT2D eigenvalue weighted by Gasteiger charge is 2.36. The first-order valence-electron chi connectivity index (χ1n) is 8.79. The summed E-state index contributed by atoms with van der Waals surface area (Å²) in [5.74, 6) is 0.748. The maximum atomic E-state index is 10.1. The number of rotatable bonds is 5. The quantitative estimate of drug-likeness (QED) is 0.736. The molecular formula is C23H21NO2. The van der Waals surface area contributed by atoms with Crippen LogP contribution in [-0.2, 0) is 11.4 Å². The van der Waals surface area contributed by atoms with Crippen LogP contribution in [0.4, 0.5) is 0 Å². The van der Waals surface area contributed by atoms with Gasteiger partial charge < -0.3 is 9.94 Å². The van der Waals surface area contributed by atoms with E-state index in [1.54, 1.807) is 0 Å². The summed E-state index contributed by atoms with van der Waals surface area (Å²) in [4.78, 5) is 6.27. The van der Waals surface area contributed by atoms with E-state index in [-0.39, 0.29) is 12.6 Å². The van der Waals surface area contributed by atoms with Crippen LogP contribution in [0.2, 0.25) is 0 Å². The Morgan fingerprint density at radius 1 is 0.769 bits per heavy atom. The predicted molar refractivity (Wildman–Crippen MR) is 103 cm³/mol. The summed E-state index contributed by atoms with van der Waals surface area (Å²) in [5, 5.41) is 12.1. The standard InChI is InChI=1S/C23H21NO2/c25-17-21-22(19-12-6-2-7-13-19)24(16-18-10-4-1-5-11-18)26-23(21)20-14-8-3-9-15-20/h1-15,22,25H,16-17H2/t22-/m1/s1. The van der Waals surface area contributed by atoms with Gasteiger partial charge in [0.15, 0.2) is 5.76 Å². The Kier molecular flexibility index (Phi) is 4.82. The third kappa shape index (κ3) is 3.27. The van der Waals surface area contributed by atoms with Crippen LogP contribution in [0.1, 0.15) is 22.7 Å². The van der Waals surface area contributed by atoms with E-state index in [0.717, 1.165) is 22.5 Å². The van der Waals surface area contributed by atoms with Gasteiger partial charge in [0.1, 0.15) is 0 Å². The van der Waals surface area contributed by atoms with E-state index >= 15 is 0 Å². The van der Waals surface area contributed by atoms with Gasteiger partial charge in [-0.05, 0) is 11.1 Å². The van der Waals surface area contributed by atoms with Crippen molar-refractivity contribution in [1.82, 2.24) is 5.06 Å². The molecule has 3 heteroatoms. The first-order valence-corrected chi connectivity index (χ1v) is 8.79. The average Bonchev–Trinajstić information content (AvgIpc) is 3.08. The summed E-state index contributed by atoms with van der Waals surface area (Å²) < 4.78 is 0. The maximum Gasteiger partial charge on any atom is 0.158 e. The van der Waals surface area contributed by atoms with Crippen molar-refractivity contribution < 1.29 is 9.94 Å². The largest absolute Gasteiger partial charge is 0.404 e. The van der Waals surface area contributed by atoms with Crippen molar-refractivity contribution in [2.45, 2.75) is 12.6 Å². The van der Waals surface area contributed by atoms with Gasteiger partial charge in [0.25, 0.3) is 0 Å². The summed E-state index contributed by atoms with van der Waals surface area (Å²) in [6, 6.07) is 30.3. The molecule has 1 atom stereocenters. The maximum absolute atomic E-state index is 10.1. The fraction of sp³-hybridized carbons (Fsp3) is 0.130. The van der Waals surface area contributed by atoms with E-state index < -0.39 is 0 Å². The molecule has 1 heterocycles. The number of aliphatic hydroxyl groups is 1. The van der Waals surface area contributed by atoms with Gasteiger partial charge in [0.05, 0.1) is 19.2 Å². The van der Waals surface area contributed by atoms with Crippen LogP contribution in [0.5, 0.6) is 0 Å². The zero-order valence-electron chi connectivity index (χ0n) is 14.5. The van der Waals surface area contributed by atoms with Crippen LogP contribution in [-0.4, -0.2) is 16.8 Å². The minimum Gasteiger partial charge on any atom is -0.404 e. The molecule has 3 aromatic carbocycles. The number of nitrogens with zero attached hydrogens (tertiary/aromatic N) is 1. The summed E-state index contributed by atoms with van der Waals surface area (Å²) in [5.41, 5.74) is 4.14. The zero-order valence-corrected chi connectivity index (χ0v) is 14.5. The molecule has 1 N–H and O–H groups in total. The molecule has 0 amide bonds. The molecule has 1 aliphatic rings. The van der Waals surface area contributed by atoms with Crippen molar-refractivity contribution in [3.8, 4) is 0 Å². The molecule has 0 aromatic heterocycles. The minimum absolute atomic E-state index is 0.0465. The van der Waals surface area contributed by atoms with E-state index in [2.05, 4.69) is 24.3 Å².